The lowest BCUT2D eigenvalue weighted by molar-refractivity contribution is 0.260. The minimum atomic E-state index is -3.46. The Balaban J connectivity index is 1.83. The van der Waals surface area contributed by atoms with Gasteiger partial charge in [-0.3, -0.25) is 9.62 Å². The summed E-state index contributed by atoms with van der Waals surface area (Å²) in [6, 6.07) is 17.1. The van der Waals surface area contributed by atoms with Gasteiger partial charge in [-0.05, 0) is 50.6 Å². The highest BCUT2D eigenvalue weighted by atomic mass is 32.2. The molecule has 0 bridgehead atoms. The van der Waals surface area contributed by atoms with Crippen LogP contribution in [0.25, 0.3) is 0 Å². The number of nitrogens with zero attached hydrogens (tertiary/aromatic N) is 1. The van der Waals surface area contributed by atoms with Crippen LogP contribution in [0.5, 0.6) is 0 Å². The van der Waals surface area contributed by atoms with Crippen LogP contribution in [-0.4, -0.2) is 40.6 Å². The molecule has 0 spiro atoms. The predicted molar refractivity (Wildman–Crippen MR) is 114 cm³/mol. The Hall–Kier alpha value is -1.38. The van der Waals surface area contributed by atoms with Crippen LogP contribution in [0.2, 0.25) is 0 Å². The van der Waals surface area contributed by atoms with Crippen molar-refractivity contribution in [3.05, 3.63) is 65.7 Å². The number of hydrogen-bond acceptors (Lipinski definition) is 5. The zero-order chi connectivity index (χ0) is 20.2. The van der Waals surface area contributed by atoms with E-state index in [-0.39, 0.29) is 0 Å². The largest absolute Gasteiger partial charge is 0.299 e. The lowest BCUT2D eigenvalue weighted by Gasteiger charge is -2.22. The smallest absolute Gasteiger partial charge is 0.240 e. The highest BCUT2D eigenvalue weighted by molar-refractivity contribution is 7.89. The maximum Gasteiger partial charge on any atom is 0.240 e. The number of benzene rings is 2. The quantitative estimate of drug-likeness (QED) is 0.352. The van der Waals surface area contributed by atoms with Gasteiger partial charge in [-0.2, -0.15) is 0 Å². The van der Waals surface area contributed by atoms with Crippen molar-refractivity contribution in [1.29, 1.82) is 1.12 Å². The number of hydrogen-bond donors (Lipinski definition) is 3. The average Bonchev–Trinajstić information content (AvgIpc) is 2.69. The molecule has 7 heteroatoms. The molecule has 0 aliphatic heterocycles. The standard InChI is InChI=1S/C20H29N3O2S2/c1-18-9-11-20(12-10-18)27(24,25)22-14-6-16-23(15-5-13-21-26)17-19-7-3-2-4-8-19/h2-4,7-12,21-22,26H,5-6,13-17H2,1H3/i26T. The van der Waals surface area contributed by atoms with Gasteiger partial charge in [0.25, 0.3) is 0 Å². The fourth-order valence-corrected chi connectivity index (χ4v) is 4.01. The number of thiol groups is 1. The maximum atomic E-state index is 12.4. The van der Waals surface area contributed by atoms with E-state index >= 15 is 0 Å². The van der Waals surface area contributed by atoms with Crippen molar-refractivity contribution in [2.75, 3.05) is 26.2 Å². The van der Waals surface area contributed by atoms with E-state index in [9.17, 15) is 8.42 Å². The molecule has 2 aromatic carbocycles. The molecule has 0 saturated carbocycles. The van der Waals surface area contributed by atoms with E-state index in [1.807, 2.05) is 25.1 Å². The molecule has 0 atom stereocenters. The minimum absolute atomic E-state index is 0.304. The fraction of sp³-hybridized carbons (Fsp3) is 0.400. The van der Waals surface area contributed by atoms with Crippen molar-refractivity contribution in [3.63, 3.8) is 0 Å². The molecule has 0 amide bonds. The lowest BCUT2D eigenvalue weighted by atomic mass is 10.2. The van der Waals surface area contributed by atoms with Gasteiger partial charge < -0.3 is 0 Å². The normalized spacial score (nSPS) is 12.3. The number of sulfonamides is 1. The lowest BCUT2D eigenvalue weighted by Crippen LogP contribution is -2.31. The van der Waals surface area contributed by atoms with E-state index in [1.165, 1.54) is 5.56 Å². The van der Waals surface area contributed by atoms with Gasteiger partial charge in [0.05, 0.1) is 4.90 Å². The first-order valence-electron chi connectivity index (χ1n) is 9.60. The molecule has 5 nitrogen and oxygen atoms in total. The molecule has 0 aliphatic carbocycles. The van der Waals surface area contributed by atoms with Crippen LogP contribution >= 0.6 is 12.7 Å². The molecular weight excluding hydrogens is 378 g/mol. The van der Waals surface area contributed by atoms with Gasteiger partial charge in [0.1, 0.15) is 1.12 Å². The highest BCUT2D eigenvalue weighted by Crippen LogP contribution is 2.10. The van der Waals surface area contributed by atoms with Crippen molar-refractivity contribution in [2.24, 2.45) is 0 Å². The minimum Gasteiger partial charge on any atom is -0.299 e. The Kier molecular flexibility index (Phi) is 8.64. The van der Waals surface area contributed by atoms with Crippen molar-refractivity contribution in [2.45, 2.75) is 31.2 Å². The summed E-state index contributed by atoms with van der Waals surface area (Å²) in [5.41, 5.74) is 2.28. The molecule has 0 fully saturated rings. The molecule has 2 rings (SSSR count). The summed E-state index contributed by atoms with van der Waals surface area (Å²) in [5.74, 6) is 0. The van der Waals surface area contributed by atoms with Gasteiger partial charge in [0, 0.05) is 19.6 Å². The molecule has 0 saturated heterocycles. The van der Waals surface area contributed by atoms with E-state index in [0.717, 1.165) is 57.3 Å². The Morgan fingerprint density at radius 3 is 2.33 bits per heavy atom. The molecule has 0 aliphatic rings. The zero-order valence-corrected chi connectivity index (χ0v) is 17.4. The number of nitrogens with one attached hydrogen (secondary N) is 2. The van der Waals surface area contributed by atoms with E-state index < -0.39 is 10.0 Å². The maximum absolute atomic E-state index is 12.4. The fourth-order valence-electron chi connectivity index (χ4n) is 2.80. The van der Waals surface area contributed by atoms with Crippen LogP contribution in [0.4, 0.5) is 0 Å². The van der Waals surface area contributed by atoms with Crippen LogP contribution in [0.1, 0.15) is 24.0 Å². The van der Waals surface area contributed by atoms with Crippen molar-refractivity contribution in [1.82, 2.24) is 14.3 Å². The zero-order valence-electron chi connectivity index (χ0n) is 16.7. The monoisotopic (exact) mass is 409 g/mol. The van der Waals surface area contributed by atoms with Gasteiger partial charge >= 0.3 is 0 Å². The molecule has 0 radical (unpaired) electrons. The topological polar surface area (TPSA) is 61.4 Å². The van der Waals surface area contributed by atoms with Gasteiger partial charge in [-0.1, -0.05) is 60.7 Å². The first kappa shape index (κ1) is 20.4. The Morgan fingerprint density at radius 1 is 1.00 bits per heavy atom. The Bertz CT molecular complexity index is 787. The van der Waals surface area contributed by atoms with Crippen LogP contribution < -0.4 is 9.44 Å². The second-order valence-electron chi connectivity index (χ2n) is 6.57. The summed E-state index contributed by atoms with van der Waals surface area (Å²) in [7, 11) is -3.46. The molecule has 0 heterocycles. The van der Waals surface area contributed by atoms with E-state index in [0.29, 0.717) is 11.4 Å². The van der Waals surface area contributed by atoms with Crippen LogP contribution in [0.15, 0.2) is 59.5 Å². The Labute approximate surface area is 169 Å². The second-order valence-corrected chi connectivity index (χ2v) is 8.63. The second kappa shape index (κ2) is 11.5. The van der Waals surface area contributed by atoms with Crippen molar-refractivity contribution >= 4 is 22.7 Å². The first-order chi connectivity index (χ1) is 13.5. The first-order valence-corrected chi connectivity index (χ1v) is 11.1. The summed E-state index contributed by atoms with van der Waals surface area (Å²) in [6.45, 7) is 5.65. The summed E-state index contributed by atoms with van der Waals surface area (Å²) < 4.78 is 37.4. The molecule has 0 unspecified atom stereocenters. The van der Waals surface area contributed by atoms with E-state index in [1.54, 1.807) is 24.3 Å². The molecular formula is C20H29N3O2S2. The van der Waals surface area contributed by atoms with E-state index in [2.05, 4.69) is 26.5 Å². The molecule has 0 aromatic heterocycles. The molecule has 27 heavy (non-hydrogen) atoms. The van der Waals surface area contributed by atoms with Gasteiger partial charge in [0.2, 0.25) is 10.0 Å². The van der Waals surface area contributed by atoms with Crippen LogP contribution in [0.3, 0.4) is 0 Å². The van der Waals surface area contributed by atoms with Crippen molar-refractivity contribution in [3.8, 4) is 0 Å². The molecule has 148 valence electrons. The number of aryl methyl sites for hydroxylation is 1. The molecule has 2 N–H and O–H groups in total. The average molecular weight is 410 g/mol. The van der Waals surface area contributed by atoms with Gasteiger partial charge in [-0.15, -0.1) is 0 Å². The van der Waals surface area contributed by atoms with Gasteiger partial charge in [-0.25, -0.2) is 13.1 Å². The van der Waals surface area contributed by atoms with Crippen LogP contribution in [-0.2, 0) is 16.6 Å². The summed E-state index contributed by atoms with van der Waals surface area (Å²) in [6.07, 6.45) is 1.67. The molecule has 2 aromatic rings. The SMILES string of the molecule is [3H]SNCCCN(CCCNS(=O)(=O)c1ccc(C)cc1)Cc1ccccc1. The Morgan fingerprint density at radius 2 is 1.67 bits per heavy atom. The summed E-state index contributed by atoms with van der Waals surface area (Å²) in [5, 5.41) is 0. The third-order valence-electron chi connectivity index (χ3n) is 4.28. The highest BCUT2D eigenvalue weighted by Gasteiger charge is 2.13. The summed E-state index contributed by atoms with van der Waals surface area (Å²) >= 11 is 0.885. The predicted octanol–water partition coefficient (Wildman–Crippen LogP) is 2.99. The third-order valence-corrected chi connectivity index (χ3v) is 5.96. The van der Waals surface area contributed by atoms with Gasteiger partial charge in [0.15, 0.2) is 0 Å². The van der Waals surface area contributed by atoms with E-state index in [4.69, 9.17) is 1.12 Å². The summed E-state index contributed by atoms with van der Waals surface area (Å²) in [4.78, 5) is 2.63. The third kappa shape index (κ3) is 8.02. The van der Waals surface area contributed by atoms with Crippen LogP contribution in [0, 0.1) is 6.92 Å². The number of rotatable bonds is 13. The van der Waals surface area contributed by atoms with Crippen molar-refractivity contribution < 1.29 is 8.42 Å².